The van der Waals surface area contributed by atoms with E-state index in [-0.39, 0.29) is 0 Å². The largest absolute Gasteiger partial charge is 0.383 e. The maximum atomic E-state index is 5.19. The molecule has 3 heteroatoms. The van der Waals surface area contributed by atoms with Crippen molar-refractivity contribution >= 4 is 5.69 Å². The summed E-state index contributed by atoms with van der Waals surface area (Å²) in [6.45, 7) is 7.09. The zero-order valence-electron chi connectivity index (χ0n) is 9.95. The van der Waals surface area contributed by atoms with Gasteiger partial charge in [0.2, 0.25) is 0 Å². The molecule has 0 radical (unpaired) electrons. The number of methoxy groups -OCH3 is 1. The number of nitrogens with one attached hydrogen (secondary N) is 1. The van der Waals surface area contributed by atoms with E-state index >= 15 is 0 Å². The van der Waals surface area contributed by atoms with Gasteiger partial charge in [0.1, 0.15) is 0 Å². The number of ether oxygens (including phenoxy) is 1. The van der Waals surface area contributed by atoms with Crippen LogP contribution in [0.15, 0.2) is 18.3 Å². The van der Waals surface area contributed by atoms with E-state index in [0.29, 0.717) is 18.6 Å². The van der Waals surface area contributed by atoms with Gasteiger partial charge in [-0.2, -0.15) is 0 Å². The average Bonchev–Trinajstić information content (AvgIpc) is 2.20. The highest BCUT2D eigenvalue weighted by Gasteiger charge is 2.13. The fourth-order valence-corrected chi connectivity index (χ4v) is 1.42. The summed E-state index contributed by atoms with van der Waals surface area (Å²) in [5, 5.41) is 3.46. The molecule has 1 rings (SSSR count). The summed E-state index contributed by atoms with van der Waals surface area (Å²) in [7, 11) is 1.73. The Labute approximate surface area is 91.9 Å². The molecular weight excluding hydrogens is 188 g/mol. The lowest BCUT2D eigenvalue weighted by molar-refractivity contribution is 0.171. The highest BCUT2D eigenvalue weighted by molar-refractivity contribution is 5.47. The van der Waals surface area contributed by atoms with Gasteiger partial charge in [0.05, 0.1) is 24.0 Å². The molecule has 1 atom stereocenters. The summed E-state index contributed by atoms with van der Waals surface area (Å²) < 4.78 is 5.19. The molecule has 3 nitrogen and oxygen atoms in total. The molecule has 1 N–H and O–H groups in total. The van der Waals surface area contributed by atoms with E-state index in [1.165, 1.54) is 0 Å². The number of rotatable bonds is 5. The fraction of sp³-hybridized carbons (Fsp3) is 0.583. The number of nitrogens with zero attached hydrogens (tertiary/aromatic N) is 1. The van der Waals surface area contributed by atoms with Crippen molar-refractivity contribution in [3.05, 3.63) is 24.0 Å². The molecule has 0 aliphatic carbocycles. The Balaban J connectivity index is 2.69. The molecule has 15 heavy (non-hydrogen) atoms. The second kappa shape index (κ2) is 5.71. The van der Waals surface area contributed by atoms with Gasteiger partial charge >= 0.3 is 0 Å². The molecule has 0 fully saturated rings. The Morgan fingerprint density at radius 1 is 1.47 bits per heavy atom. The number of aromatic nitrogens is 1. The average molecular weight is 208 g/mol. The van der Waals surface area contributed by atoms with Gasteiger partial charge in [-0.05, 0) is 25.0 Å². The highest BCUT2D eigenvalue weighted by Crippen LogP contribution is 2.15. The topological polar surface area (TPSA) is 34.1 Å². The first-order valence-corrected chi connectivity index (χ1v) is 5.32. The van der Waals surface area contributed by atoms with Gasteiger partial charge in [0, 0.05) is 13.3 Å². The Morgan fingerprint density at radius 3 is 2.73 bits per heavy atom. The van der Waals surface area contributed by atoms with Gasteiger partial charge in [0.25, 0.3) is 0 Å². The molecule has 0 spiro atoms. The Hall–Kier alpha value is -1.09. The molecule has 0 amide bonds. The summed E-state index contributed by atoms with van der Waals surface area (Å²) in [4.78, 5) is 4.25. The number of anilines is 1. The predicted molar refractivity (Wildman–Crippen MR) is 63.1 cm³/mol. The summed E-state index contributed by atoms with van der Waals surface area (Å²) in [5.41, 5.74) is 2.12. The van der Waals surface area contributed by atoms with Gasteiger partial charge in [-0.3, -0.25) is 4.98 Å². The molecule has 1 aromatic heterocycles. The Morgan fingerprint density at radius 2 is 2.20 bits per heavy atom. The van der Waals surface area contributed by atoms with Crippen LogP contribution in [0.1, 0.15) is 19.5 Å². The van der Waals surface area contributed by atoms with Crippen molar-refractivity contribution in [2.75, 3.05) is 19.0 Å². The number of pyridine rings is 1. The number of hydrogen-bond acceptors (Lipinski definition) is 3. The van der Waals surface area contributed by atoms with Crippen molar-refractivity contribution in [3.63, 3.8) is 0 Å². The van der Waals surface area contributed by atoms with Crippen LogP contribution in [0.2, 0.25) is 0 Å². The molecule has 84 valence electrons. The van der Waals surface area contributed by atoms with E-state index in [1.54, 1.807) is 13.3 Å². The highest BCUT2D eigenvalue weighted by atomic mass is 16.5. The molecular formula is C12H20N2O. The standard InChI is InChI=1S/C12H20N2O/c1-9(2)12(8-15-4)14-11-6-5-7-13-10(11)3/h5-7,9,12,14H,8H2,1-4H3. The molecule has 0 bridgehead atoms. The smallest absolute Gasteiger partial charge is 0.0666 e. The lowest BCUT2D eigenvalue weighted by atomic mass is 10.0. The third kappa shape index (κ3) is 3.51. The van der Waals surface area contributed by atoms with Crippen LogP contribution >= 0.6 is 0 Å². The van der Waals surface area contributed by atoms with Crippen molar-refractivity contribution in [2.45, 2.75) is 26.8 Å². The van der Waals surface area contributed by atoms with Crippen molar-refractivity contribution < 1.29 is 4.74 Å². The third-order valence-corrected chi connectivity index (χ3v) is 2.50. The quantitative estimate of drug-likeness (QED) is 0.807. The second-order valence-electron chi connectivity index (χ2n) is 4.09. The van der Waals surface area contributed by atoms with Crippen LogP contribution in [-0.2, 0) is 4.74 Å². The van der Waals surface area contributed by atoms with E-state index in [4.69, 9.17) is 4.74 Å². The Kier molecular flexibility index (Phi) is 4.56. The molecule has 0 aliphatic rings. The van der Waals surface area contributed by atoms with Crippen LogP contribution in [0.4, 0.5) is 5.69 Å². The van der Waals surface area contributed by atoms with Gasteiger partial charge in [-0.1, -0.05) is 13.8 Å². The van der Waals surface area contributed by atoms with E-state index in [1.807, 2.05) is 19.1 Å². The van der Waals surface area contributed by atoms with Gasteiger partial charge in [-0.15, -0.1) is 0 Å². The molecule has 1 heterocycles. The van der Waals surface area contributed by atoms with Crippen LogP contribution in [0.25, 0.3) is 0 Å². The minimum atomic E-state index is 0.331. The van der Waals surface area contributed by atoms with E-state index in [0.717, 1.165) is 11.4 Å². The minimum Gasteiger partial charge on any atom is -0.383 e. The normalized spacial score (nSPS) is 12.9. The van der Waals surface area contributed by atoms with E-state index in [2.05, 4.69) is 24.1 Å². The SMILES string of the molecule is COCC(Nc1cccnc1C)C(C)C. The summed E-state index contributed by atoms with van der Waals surface area (Å²) in [5.74, 6) is 0.532. The fourth-order valence-electron chi connectivity index (χ4n) is 1.42. The minimum absolute atomic E-state index is 0.331. The van der Waals surface area contributed by atoms with Crippen molar-refractivity contribution in [1.82, 2.24) is 4.98 Å². The first-order chi connectivity index (χ1) is 7.15. The molecule has 0 aliphatic heterocycles. The lowest BCUT2D eigenvalue weighted by Crippen LogP contribution is -2.30. The molecule has 0 saturated heterocycles. The van der Waals surface area contributed by atoms with Crippen molar-refractivity contribution in [2.24, 2.45) is 5.92 Å². The maximum Gasteiger partial charge on any atom is 0.0666 e. The van der Waals surface area contributed by atoms with Crippen LogP contribution in [0.5, 0.6) is 0 Å². The van der Waals surface area contributed by atoms with Crippen molar-refractivity contribution in [1.29, 1.82) is 0 Å². The third-order valence-electron chi connectivity index (χ3n) is 2.50. The molecule has 0 saturated carbocycles. The zero-order chi connectivity index (χ0) is 11.3. The lowest BCUT2D eigenvalue weighted by Gasteiger charge is -2.23. The summed E-state index contributed by atoms with van der Waals surface area (Å²) in [6, 6.07) is 4.32. The van der Waals surface area contributed by atoms with Crippen molar-refractivity contribution in [3.8, 4) is 0 Å². The van der Waals surface area contributed by atoms with Crippen LogP contribution in [0, 0.1) is 12.8 Å². The monoisotopic (exact) mass is 208 g/mol. The summed E-state index contributed by atoms with van der Waals surface area (Å²) >= 11 is 0. The first kappa shape index (κ1) is 12.0. The molecule has 1 unspecified atom stereocenters. The van der Waals surface area contributed by atoms with Gasteiger partial charge in [0.15, 0.2) is 0 Å². The van der Waals surface area contributed by atoms with E-state index in [9.17, 15) is 0 Å². The Bertz CT molecular complexity index is 299. The first-order valence-electron chi connectivity index (χ1n) is 5.32. The number of hydrogen-bond donors (Lipinski definition) is 1. The maximum absolute atomic E-state index is 5.19. The van der Waals surface area contributed by atoms with Crippen LogP contribution in [0.3, 0.4) is 0 Å². The zero-order valence-corrected chi connectivity index (χ0v) is 9.95. The van der Waals surface area contributed by atoms with Crippen LogP contribution in [-0.4, -0.2) is 24.7 Å². The predicted octanol–water partition coefficient (Wildman–Crippen LogP) is 2.47. The molecule has 1 aromatic rings. The molecule has 0 aromatic carbocycles. The van der Waals surface area contributed by atoms with E-state index < -0.39 is 0 Å². The second-order valence-corrected chi connectivity index (χ2v) is 4.09. The number of aryl methyl sites for hydroxylation is 1. The van der Waals surface area contributed by atoms with Gasteiger partial charge < -0.3 is 10.1 Å². The summed E-state index contributed by atoms with van der Waals surface area (Å²) in [6.07, 6.45) is 1.81. The van der Waals surface area contributed by atoms with Gasteiger partial charge in [-0.25, -0.2) is 0 Å². The van der Waals surface area contributed by atoms with Crippen LogP contribution < -0.4 is 5.32 Å².